The van der Waals surface area contributed by atoms with Crippen LogP contribution in [0.1, 0.15) is 71.1 Å². The van der Waals surface area contributed by atoms with Crippen molar-refractivity contribution in [1.29, 1.82) is 0 Å². The first-order valence-electron chi connectivity index (χ1n) is 10.0. The van der Waals surface area contributed by atoms with Crippen molar-refractivity contribution in [3.63, 3.8) is 0 Å². The van der Waals surface area contributed by atoms with Crippen LogP contribution in [0.15, 0.2) is 0 Å². The highest BCUT2D eigenvalue weighted by Crippen LogP contribution is 2.51. The van der Waals surface area contributed by atoms with Gasteiger partial charge in [0.25, 0.3) is 0 Å². The second-order valence-electron chi connectivity index (χ2n) is 8.20. The van der Waals surface area contributed by atoms with Crippen LogP contribution in [0.2, 0.25) is 0 Å². The van der Waals surface area contributed by atoms with Crippen molar-refractivity contribution in [2.75, 3.05) is 0 Å². The van der Waals surface area contributed by atoms with Gasteiger partial charge in [0, 0.05) is 11.8 Å². The van der Waals surface area contributed by atoms with Gasteiger partial charge in [-0.25, -0.2) is 0 Å². The monoisotopic (exact) mass is 332 g/mol. The van der Waals surface area contributed by atoms with Gasteiger partial charge in [-0.05, 0) is 37.5 Å². The maximum atomic E-state index is 12.3. The van der Waals surface area contributed by atoms with Crippen molar-refractivity contribution in [1.82, 2.24) is 0 Å². The molecule has 0 amide bonds. The Balaban J connectivity index is 1.62. The first kappa shape index (κ1) is 18.0. The zero-order valence-corrected chi connectivity index (χ0v) is 14.9. The van der Waals surface area contributed by atoms with Crippen LogP contribution in [0, 0.1) is 41.4 Å². The minimum Gasteiger partial charge on any atom is -0.392 e. The number of rotatable bonds is 4. The molecule has 3 rings (SSSR count). The fraction of sp³-hybridized carbons (Fsp3) is 0.857. The highest BCUT2D eigenvalue weighted by molar-refractivity contribution is 5.90. The quantitative estimate of drug-likeness (QED) is 0.777. The molecule has 134 valence electrons. The first-order valence-corrected chi connectivity index (χ1v) is 10.0. The van der Waals surface area contributed by atoms with Gasteiger partial charge in [0.2, 0.25) is 0 Å². The van der Waals surface area contributed by atoms with E-state index in [9.17, 15) is 15.0 Å². The SMILES string of the molecule is CCCC1C(=O)[C@@H]2CC[C@H](O)[C@@H](C#C[C@@H](O)CC3CCCCC3)[C@H]12. The molecule has 0 aromatic carbocycles. The molecule has 0 aromatic rings. The van der Waals surface area contributed by atoms with Gasteiger partial charge in [-0.3, -0.25) is 4.79 Å². The van der Waals surface area contributed by atoms with E-state index in [0.29, 0.717) is 18.1 Å². The zero-order valence-electron chi connectivity index (χ0n) is 14.9. The maximum Gasteiger partial charge on any atom is 0.139 e. The molecule has 0 aliphatic heterocycles. The van der Waals surface area contributed by atoms with E-state index in [1.165, 1.54) is 32.1 Å². The van der Waals surface area contributed by atoms with Crippen molar-refractivity contribution >= 4 is 5.78 Å². The summed E-state index contributed by atoms with van der Waals surface area (Å²) in [6.07, 6.45) is 9.43. The van der Waals surface area contributed by atoms with Crippen molar-refractivity contribution in [2.24, 2.45) is 29.6 Å². The van der Waals surface area contributed by atoms with Gasteiger partial charge in [0.05, 0.1) is 12.0 Å². The van der Waals surface area contributed by atoms with Crippen LogP contribution in [0.5, 0.6) is 0 Å². The van der Waals surface area contributed by atoms with Crippen LogP contribution < -0.4 is 0 Å². The summed E-state index contributed by atoms with van der Waals surface area (Å²) in [5.41, 5.74) is 0. The first-order chi connectivity index (χ1) is 11.6. The van der Waals surface area contributed by atoms with Crippen LogP contribution in [0.4, 0.5) is 0 Å². The summed E-state index contributed by atoms with van der Waals surface area (Å²) in [5, 5.41) is 20.7. The lowest BCUT2D eigenvalue weighted by atomic mass is 9.52. The van der Waals surface area contributed by atoms with Crippen LogP contribution in [-0.2, 0) is 4.79 Å². The fourth-order valence-corrected chi connectivity index (χ4v) is 5.27. The molecule has 0 saturated heterocycles. The number of hydrogen-bond acceptors (Lipinski definition) is 3. The number of aliphatic hydroxyl groups excluding tert-OH is 2. The van der Waals surface area contributed by atoms with E-state index in [-0.39, 0.29) is 23.7 Å². The van der Waals surface area contributed by atoms with E-state index in [1.54, 1.807) is 0 Å². The van der Waals surface area contributed by atoms with Crippen LogP contribution in [0.25, 0.3) is 0 Å². The Labute approximate surface area is 146 Å². The van der Waals surface area contributed by atoms with Crippen molar-refractivity contribution in [3.8, 4) is 11.8 Å². The molecule has 3 saturated carbocycles. The predicted octanol–water partition coefficient (Wildman–Crippen LogP) is 3.32. The number of ketones is 1. The highest BCUT2D eigenvalue weighted by atomic mass is 16.3. The minimum absolute atomic E-state index is 0.0877. The third-order valence-electron chi connectivity index (χ3n) is 6.56. The average molecular weight is 332 g/mol. The molecule has 1 unspecified atom stereocenters. The Morgan fingerprint density at radius 1 is 1.17 bits per heavy atom. The summed E-state index contributed by atoms with van der Waals surface area (Å²) in [6.45, 7) is 2.11. The van der Waals surface area contributed by atoms with E-state index in [2.05, 4.69) is 18.8 Å². The number of carbonyl (C=O) groups excluding carboxylic acids is 1. The van der Waals surface area contributed by atoms with Gasteiger partial charge in [0.15, 0.2) is 0 Å². The number of aliphatic hydroxyl groups is 2. The second-order valence-corrected chi connectivity index (χ2v) is 8.20. The number of Topliss-reactive ketones (excluding diaryl/α,β-unsaturated/α-hetero) is 1. The Bertz CT molecular complexity index is 497. The molecule has 3 heteroatoms. The zero-order chi connectivity index (χ0) is 17.1. The molecule has 0 radical (unpaired) electrons. The predicted molar refractivity (Wildman–Crippen MR) is 94.1 cm³/mol. The summed E-state index contributed by atoms with van der Waals surface area (Å²) >= 11 is 0. The highest BCUT2D eigenvalue weighted by Gasteiger charge is 2.55. The molecule has 3 aliphatic carbocycles. The van der Waals surface area contributed by atoms with Crippen molar-refractivity contribution in [3.05, 3.63) is 0 Å². The molecule has 0 heterocycles. The molecule has 24 heavy (non-hydrogen) atoms. The van der Waals surface area contributed by atoms with E-state index in [4.69, 9.17) is 0 Å². The van der Waals surface area contributed by atoms with Crippen LogP contribution in [-0.4, -0.2) is 28.2 Å². The van der Waals surface area contributed by atoms with Crippen LogP contribution in [0.3, 0.4) is 0 Å². The van der Waals surface area contributed by atoms with Gasteiger partial charge in [-0.2, -0.15) is 0 Å². The molecule has 6 atom stereocenters. The van der Waals surface area contributed by atoms with Crippen molar-refractivity contribution < 1.29 is 15.0 Å². The second kappa shape index (κ2) is 8.02. The molecular formula is C21H32O3. The summed E-state index contributed by atoms with van der Waals surface area (Å²) in [6, 6.07) is 0. The normalized spacial score (nSPS) is 37.8. The average Bonchev–Trinajstić information content (AvgIpc) is 2.59. The maximum absolute atomic E-state index is 12.3. The lowest BCUT2D eigenvalue weighted by Gasteiger charge is -2.50. The van der Waals surface area contributed by atoms with Gasteiger partial charge in [-0.15, -0.1) is 0 Å². The Morgan fingerprint density at radius 2 is 1.92 bits per heavy atom. The number of fused-ring (bicyclic) bond motifs is 1. The Kier molecular flexibility index (Phi) is 6.00. The smallest absolute Gasteiger partial charge is 0.139 e. The third kappa shape index (κ3) is 3.70. The lowest BCUT2D eigenvalue weighted by molar-refractivity contribution is -0.154. The molecule has 0 bridgehead atoms. The summed E-state index contributed by atoms with van der Waals surface area (Å²) < 4.78 is 0. The minimum atomic E-state index is -0.582. The molecule has 2 N–H and O–H groups in total. The molecule has 3 nitrogen and oxygen atoms in total. The third-order valence-corrected chi connectivity index (χ3v) is 6.56. The molecule has 3 fully saturated rings. The van der Waals surface area contributed by atoms with E-state index >= 15 is 0 Å². The van der Waals surface area contributed by atoms with Gasteiger partial charge >= 0.3 is 0 Å². The molecule has 0 spiro atoms. The van der Waals surface area contributed by atoms with Crippen molar-refractivity contribution in [2.45, 2.75) is 83.3 Å². The fourth-order valence-electron chi connectivity index (χ4n) is 5.27. The van der Waals surface area contributed by atoms with Crippen LogP contribution >= 0.6 is 0 Å². The van der Waals surface area contributed by atoms with Gasteiger partial charge in [0.1, 0.15) is 11.9 Å². The van der Waals surface area contributed by atoms with Gasteiger partial charge < -0.3 is 10.2 Å². The van der Waals surface area contributed by atoms with E-state index < -0.39 is 12.2 Å². The summed E-state index contributed by atoms with van der Waals surface area (Å²) in [5.74, 6) is 7.51. The summed E-state index contributed by atoms with van der Waals surface area (Å²) in [7, 11) is 0. The Hall–Kier alpha value is -0.850. The lowest BCUT2D eigenvalue weighted by Crippen LogP contribution is -2.56. The number of carbonyl (C=O) groups is 1. The molecule has 0 aromatic heterocycles. The molecule has 3 aliphatic rings. The topological polar surface area (TPSA) is 57.5 Å². The Morgan fingerprint density at radius 3 is 2.62 bits per heavy atom. The standard InChI is InChI=1S/C21H32O3/c1-2-6-17-20-16(19(23)12-11-18(20)21(17)24)10-9-15(22)13-14-7-4-3-5-8-14/h14-20,22-23H,2-8,11-13H2,1H3/t15-,16-,17?,18-,19+,20-/m1/s1. The van der Waals surface area contributed by atoms with Gasteiger partial charge in [-0.1, -0.05) is 57.3 Å². The number of hydrogen-bond donors (Lipinski definition) is 2. The largest absolute Gasteiger partial charge is 0.392 e. The molecular weight excluding hydrogens is 300 g/mol. The van der Waals surface area contributed by atoms with E-state index in [1.807, 2.05) is 0 Å². The van der Waals surface area contributed by atoms with E-state index in [0.717, 1.165) is 25.7 Å². The summed E-state index contributed by atoms with van der Waals surface area (Å²) in [4.78, 5) is 12.3.